The first kappa shape index (κ1) is 14.4. The highest BCUT2D eigenvalue weighted by Gasteiger charge is 2.66. The minimum atomic E-state index is -2.67. The topological polar surface area (TPSA) is 55.4 Å². The van der Waals surface area contributed by atoms with E-state index < -0.39 is 29.8 Å². The summed E-state index contributed by atoms with van der Waals surface area (Å²) < 4.78 is 30.4. The van der Waals surface area contributed by atoms with Gasteiger partial charge in [0.15, 0.2) is 0 Å². The highest BCUT2D eigenvalue weighted by molar-refractivity contribution is 5.99. The third kappa shape index (κ3) is 2.64. The van der Waals surface area contributed by atoms with E-state index in [9.17, 15) is 18.4 Å². The third-order valence-electron chi connectivity index (χ3n) is 3.33. The molecule has 0 aliphatic heterocycles. The van der Waals surface area contributed by atoms with E-state index in [0.717, 1.165) is 0 Å². The molecule has 0 spiro atoms. The largest absolute Gasteiger partial charge is 0.464 e. The average molecular weight is 283 g/mol. The number of hydrogen-bond donors (Lipinski definition) is 1. The Bertz CT molecular complexity index is 506. The van der Waals surface area contributed by atoms with Crippen LogP contribution in [-0.2, 0) is 9.53 Å². The van der Waals surface area contributed by atoms with Gasteiger partial charge in [-0.15, -0.1) is 0 Å². The fourth-order valence-corrected chi connectivity index (χ4v) is 2.15. The maximum absolute atomic E-state index is 12.8. The fourth-order valence-electron chi connectivity index (χ4n) is 2.15. The summed E-state index contributed by atoms with van der Waals surface area (Å²) in [6.07, 6.45) is -2.77. The molecule has 20 heavy (non-hydrogen) atoms. The first-order valence-electron chi connectivity index (χ1n) is 6.34. The van der Waals surface area contributed by atoms with Crippen LogP contribution in [0.25, 0.3) is 0 Å². The molecule has 1 aliphatic rings. The summed E-state index contributed by atoms with van der Waals surface area (Å²) in [6.45, 7) is 1.67. The Morgan fingerprint density at radius 2 is 2.05 bits per heavy atom. The standard InChI is InChI=1S/C14H15F2NO3/c1-2-20-13(19)14(8-10(14)11(15)16)17-12(18)9-6-4-3-5-7-9/h3-7,10-11H,2,8H2,1H3,(H,17,18)/t10-,14-/m0/s1. The average Bonchev–Trinajstić information content (AvgIpc) is 3.16. The molecule has 0 radical (unpaired) electrons. The molecular weight excluding hydrogens is 268 g/mol. The van der Waals surface area contributed by atoms with Gasteiger partial charge in [-0.1, -0.05) is 18.2 Å². The van der Waals surface area contributed by atoms with Crippen LogP contribution < -0.4 is 5.32 Å². The number of carbonyl (C=O) groups excluding carboxylic acids is 2. The van der Waals surface area contributed by atoms with E-state index >= 15 is 0 Å². The lowest BCUT2D eigenvalue weighted by Gasteiger charge is -2.17. The minimum Gasteiger partial charge on any atom is -0.464 e. The lowest BCUT2D eigenvalue weighted by Crippen LogP contribution is -2.46. The Kier molecular flexibility index (Phi) is 4.01. The lowest BCUT2D eigenvalue weighted by atomic mass is 10.1. The van der Waals surface area contributed by atoms with E-state index in [4.69, 9.17) is 4.74 Å². The van der Waals surface area contributed by atoms with Gasteiger partial charge in [0.2, 0.25) is 6.43 Å². The zero-order valence-corrected chi connectivity index (χ0v) is 10.9. The van der Waals surface area contributed by atoms with Crippen molar-refractivity contribution in [3.8, 4) is 0 Å². The van der Waals surface area contributed by atoms with Crippen molar-refractivity contribution >= 4 is 11.9 Å². The molecule has 0 heterocycles. The van der Waals surface area contributed by atoms with Crippen molar-refractivity contribution in [2.24, 2.45) is 5.92 Å². The number of esters is 1. The summed E-state index contributed by atoms with van der Waals surface area (Å²) in [5.41, 5.74) is -1.27. The Hall–Kier alpha value is -1.98. The van der Waals surface area contributed by atoms with Gasteiger partial charge in [0.1, 0.15) is 5.54 Å². The molecule has 1 N–H and O–H groups in total. The number of nitrogens with one attached hydrogen (secondary N) is 1. The van der Waals surface area contributed by atoms with Gasteiger partial charge < -0.3 is 10.1 Å². The smallest absolute Gasteiger partial charge is 0.332 e. The summed E-state index contributed by atoms with van der Waals surface area (Å²) in [5.74, 6) is -2.54. The Morgan fingerprint density at radius 1 is 1.40 bits per heavy atom. The number of rotatable bonds is 5. The number of alkyl halides is 2. The summed E-state index contributed by atoms with van der Waals surface area (Å²) in [6, 6.07) is 8.14. The van der Waals surface area contributed by atoms with Crippen molar-refractivity contribution in [2.75, 3.05) is 6.61 Å². The highest BCUT2D eigenvalue weighted by atomic mass is 19.3. The molecule has 1 amide bonds. The van der Waals surface area contributed by atoms with Crippen molar-refractivity contribution in [2.45, 2.75) is 25.3 Å². The monoisotopic (exact) mass is 283 g/mol. The molecule has 1 aliphatic carbocycles. The predicted molar refractivity (Wildman–Crippen MR) is 67.4 cm³/mol. The Morgan fingerprint density at radius 3 is 2.55 bits per heavy atom. The van der Waals surface area contributed by atoms with Gasteiger partial charge in [-0.3, -0.25) is 4.79 Å². The molecule has 0 bridgehead atoms. The van der Waals surface area contributed by atoms with Gasteiger partial charge in [-0.25, -0.2) is 13.6 Å². The maximum atomic E-state index is 12.8. The molecule has 6 heteroatoms. The molecule has 108 valence electrons. The van der Waals surface area contributed by atoms with Gasteiger partial charge in [-0.05, 0) is 25.5 Å². The number of amides is 1. The molecular formula is C14H15F2NO3. The molecule has 4 nitrogen and oxygen atoms in total. The van der Waals surface area contributed by atoms with Crippen LogP contribution in [0.1, 0.15) is 23.7 Å². The van der Waals surface area contributed by atoms with Crippen molar-refractivity contribution < 1.29 is 23.1 Å². The van der Waals surface area contributed by atoms with E-state index in [2.05, 4.69) is 5.32 Å². The van der Waals surface area contributed by atoms with Crippen LogP contribution in [0, 0.1) is 5.92 Å². The zero-order valence-electron chi connectivity index (χ0n) is 10.9. The highest BCUT2D eigenvalue weighted by Crippen LogP contribution is 2.48. The molecule has 0 unspecified atom stereocenters. The van der Waals surface area contributed by atoms with Crippen molar-refractivity contribution in [1.29, 1.82) is 0 Å². The third-order valence-corrected chi connectivity index (χ3v) is 3.33. The van der Waals surface area contributed by atoms with Crippen LogP contribution in [0.4, 0.5) is 8.78 Å². The SMILES string of the molecule is CCOC(=O)[C@]1(NC(=O)c2ccccc2)C[C@H]1C(F)F. The summed E-state index contributed by atoms with van der Waals surface area (Å²) in [4.78, 5) is 23.9. The summed E-state index contributed by atoms with van der Waals surface area (Å²) in [5, 5.41) is 2.41. The number of benzene rings is 1. The van der Waals surface area contributed by atoms with Crippen LogP contribution in [0.2, 0.25) is 0 Å². The van der Waals surface area contributed by atoms with Crippen molar-refractivity contribution in [1.82, 2.24) is 5.32 Å². The van der Waals surface area contributed by atoms with E-state index in [-0.39, 0.29) is 13.0 Å². The van der Waals surface area contributed by atoms with Gasteiger partial charge in [0, 0.05) is 5.56 Å². The van der Waals surface area contributed by atoms with Gasteiger partial charge in [0.05, 0.1) is 12.5 Å². The van der Waals surface area contributed by atoms with E-state index in [0.29, 0.717) is 5.56 Å². The summed E-state index contributed by atoms with van der Waals surface area (Å²) in [7, 11) is 0. The van der Waals surface area contributed by atoms with Gasteiger partial charge >= 0.3 is 5.97 Å². The molecule has 1 aromatic carbocycles. The van der Waals surface area contributed by atoms with Gasteiger partial charge in [0.25, 0.3) is 5.91 Å². The second-order valence-corrected chi connectivity index (χ2v) is 4.66. The van der Waals surface area contributed by atoms with E-state index in [1.54, 1.807) is 37.3 Å². The van der Waals surface area contributed by atoms with Crippen LogP contribution in [-0.4, -0.2) is 30.4 Å². The van der Waals surface area contributed by atoms with Crippen molar-refractivity contribution in [3.63, 3.8) is 0 Å². The van der Waals surface area contributed by atoms with Crippen molar-refractivity contribution in [3.05, 3.63) is 35.9 Å². The zero-order chi connectivity index (χ0) is 14.8. The first-order chi connectivity index (χ1) is 9.51. The molecule has 0 saturated heterocycles. The Balaban J connectivity index is 2.14. The predicted octanol–water partition coefficient (Wildman–Crippen LogP) is 2.00. The second kappa shape index (κ2) is 5.56. The van der Waals surface area contributed by atoms with Crippen LogP contribution in [0.15, 0.2) is 30.3 Å². The second-order valence-electron chi connectivity index (χ2n) is 4.66. The number of hydrogen-bond acceptors (Lipinski definition) is 3. The van der Waals surface area contributed by atoms with Crippen LogP contribution in [0.5, 0.6) is 0 Å². The molecule has 1 saturated carbocycles. The molecule has 1 fully saturated rings. The quantitative estimate of drug-likeness (QED) is 0.841. The normalized spacial score (nSPS) is 24.3. The number of carbonyl (C=O) groups is 2. The molecule has 2 atom stereocenters. The van der Waals surface area contributed by atoms with Crippen LogP contribution in [0.3, 0.4) is 0 Å². The van der Waals surface area contributed by atoms with Gasteiger partial charge in [-0.2, -0.15) is 0 Å². The number of halogens is 2. The van der Waals surface area contributed by atoms with Crippen LogP contribution >= 0.6 is 0 Å². The van der Waals surface area contributed by atoms with E-state index in [1.807, 2.05) is 0 Å². The first-order valence-corrected chi connectivity index (χ1v) is 6.34. The Labute approximate surface area is 115 Å². The lowest BCUT2D eigenvalue weighted by molar-refractivity contribution is -0.147. The fraction of sp³-hybridized carbons (Fsp3) is 0.429. The number of ether oxygens (including phenoxy) is 1. The molecule has 0 aromatic heterocycles. The minimum absolute atomic E-state index is 0.0811. The van der Waals surface area contributed by atoms with E-state index in [1.165, 1.54) is 0 Å². The summed E-state index contributed by atoms with van der Waals surface area (Å²) >= 11 is 0. The maximum Gasteiger partial charge on any atom is 0.332 e. The molecule has 2 rings (SSSR count). The molecule has 1 aromatic rings.